The van der Waals surface area contributed by atoms with Crippen LogP contribution in [0, 0.1) is 0 Å². The Morgan fingerprint density at radius 2 is 1.94 bits per heavy atom. The minimum atomic E-state index is -0.169. The van der Waals surface area contributed by atoms with E-state index in [1.54, 1.807) is 6.07 Å². The smallest absolute Gasteiger partial charge is 0.115 e. The number of hydrogen-bond acceptors (Lipinski definition) is 2. The van der Waals surface area contributed by atoms with Crippen LogP contribution in [0.5, 0.6) is 0 Å². The molecule has 17 heavy (non-hydrogen) atoms. The zero-order valence-corrected chi connectivity index (χ0v) is 11.7. The highest BCUT2D eigenvalue weighted by Crippen LogP contribution is 2.23. The highest BCUT2D eigenvalue weighted by molar-refractivity contribution is 6.42. The number of nitrogens with one attached hydrogen (secondary N) is 1. The van der Waals surface area contributed by atoms with E-state index in [9.17, 15) is 0 Å². The lowest BCUT2D eigenvalue weighted by atomic mass is 10.1. The minimum absolute atomic E-state index is 0.169. The second-order valence-electron chi connectivity index (χ2n) is 4.80. The summed E-state index contributed by atoms with van der Waals surface area (Å²) >= 11 is 11.8. The molecule has 0 saturated carbocycles. The Morgan fingerprint density at radius 1 is 1.29 bits per heavy atom. The van der Waals surface area contributed by atoms with Crippen LogP contribution in [0.25, 0.3) is 0 Å². The van der Waals surface area contributed by atoms with E-state index in [-0.39, 0.29) is 5.54 Å². The maximum atomic E-state index is 5.95. The van der Waals surface area contributed by atoms with Crippen LogP contribution in [-0.2, 0) is 6.42 Å². The summed E-state index contributed by atoms with van der Waals surface area (Å²) in [7, 11) is 0. The number of amidine groups is 1. The van der Waals surface area contributed by atoms with Gasteiger partial charge in [-0.3, -0.25) is 4.99 Å². The lowest BCUT2D eigenvalue weighted by Gasteiger charge is -2.16. The van der Waals surface area contributed by atoms with Crippen molar-refractivity contribution >= 4 is 29.0 Å². The molecule has 5 heteroatoms. The highest BCUT2D eigenvalue weighted by Gasteiger charge is 2.10. The zero-order chi connectivity index (χ0) is 13.1. The molecular weight excluding hydrogens is 257 g/mol. The molecule has 0 aliphatic carbocycles. The largest absolute Gasteiger partial charge is 0.312 e. The number of aliphatic imine (C=N–C) groups is 1. The molecular formula is C12H17Cl2N3. The normalized spacial score (nSPS) is 12.7. The summed E-state index contributed by atoms with van der Waals surface area (Å²) in [5.74, 6) is 6.17. The summed E-state index contributed by atoms with van der Waals surface area (Å²) in [5.41, 5.74) is 3.46. The molecule has 0 amide bonds. The Kier molecular flexibility index (Phi) is 4.80. The maximum Gasteiger partial charge on any atom is 0.115 e. The van der Waals surface area contributed by atoms with Gasteiger partial charge in [0.2, 0.25) is 0 Å². The first-order valence-electron chi connectivity index (χ1n) is 5.31. The third kappa shape index (κ3) is 4.94. The van der Waals surface area contributed by atoms with E-state index in [0.29, 0.717) is 16.5 Å². The Hall–Kier alpha value is -0.770. The predicted octanol–water partition coefficient (Wildman–Crippen LogP) is 3.20. The van der Waals surface area contributed by atoms with Crippen molar-refractivity contribution < 1.29 is 0 Å². The molecule has 0 heterocycles. The zero-order valence-electron chi connectivity index (χ0n) is 10.2. The number of halogens is 2. The molecule has 1 aromatic carbocycles. The van der Waals surface area contributed by atoms with Crippen LogP contribution in [0.15, 0.2) is 23.2 Å². The van der Waals surface area contributed by atoms with Crippen molar-refractivity contribution in [2.45, 2.75) is 32.7 Å². The number of nitrogens with two attached hydrogens (primary N) is 1. The fourth-order valence-electron chi connectivity index (χ4n) is 1.37. The van der Waals surface area contributed by atoms with E-state index in [1.165, 1.54) is 0 Å². The molecule has 1 aromatic rings. The summed E-state index contributed by atoms with van der Waals surface area (Å²) < 4.78 is 0. The third-order valence-electron chi connectivity index (χ3n) is 1.99. The lowest BCUT2D eigenvalue weighted by Crippen LogP contribution is -2.34. The van der Waals surface area contributed by atoms with Crippen molar-refractivity contribution in [2.24, 2.45) is 10.8 Å². The van der Waals surface area contributed by atoms with Gasteiger partial charge in [-0.15, -0.1) is 0 Å². The molecule has 3 N–H and O–H groups in total. The minimum Gasteiger partial charge on any atom is -0.312 e. The van der Waals surface area contributed by atoms with Crippen LogP contribution in [0.1, 0.15) is 26.3 Å². The molecule has 0 radical (unpaired) electrons. The molecule has 0 atom stereocenters. The Balaban J connectivity index is 2.88. The fourth-order valence-corrected chi connectivity index (χ4v) is 1.69. The van der Waals surface area contributed by atoms with E-state index in [0.717, 1.165) is 11.4 Å². The van der Waals surface area contributed by atoms with Crippen molar-refractivity contribution in [1.29, 1.82) is 0 Å². The van der Waals surface area contributed by atoms with Crippen molar-refractivity contribution in [2.75, 3.05) is 0 Å². The van der Waals surface area contributed by atoms with Gasteiger partial charge in [0.25, 0.3) is 0 Å². The summed E-state index contributed by atoms with van der Waals surface area (Å²) in [5, 5.41) is 1.08. The van der Waals surface area contributed by atoms with E-state index < -0.39 is 0 Å². The lowest BCUT2D eigenvalue weighted by molar-refractivity contribution is 0.578. The average Bonchev–Trinajstić information content (AvgIpc) is 2.20. The molecule has 3 nitrogen and oxygen atoms in total. The van der Waals surface area contributed by atoms with Crippen LogP contribution >= 0.6 is 23.2 Å². The molecule has 0 aliphatic rings. The van der Waals surface area contributed by atoms with Crippen molar-refractivity contribution in [3.63, 3.8) is 0 Å². The molecule has 0 fully saturated rings. The second-order valence-corrected chi connectivity index (χ2v) is 5.61. The SMILES string of the molecule is CC(C)(C)N=C(Cc1ccc(Cl)c(Cl)c1)NN. The van der Waals surface area contributed by atoms with Gasteiger partial charge in [-0.25, -0.2) is 5.84 Å². The standard InChI is InChI=1S/C12H17Cl2N3/c1-12(2,3)16-11(17-15)7-8-4-5-9(13)10(14)6-8/h4-6H,7,15H2,1-3H3,(H,16,17). The molecule has 0 bridgehead atoms. The Bertz CT molecular complexity index is 422. The van der Waals surface area contributed by atoms with Crippen LogP contribution in [0.4, 0.5) is 0 Å². The van der Waals surface area contributed by atoms with Gasteiger partial charge in [0.15, 0.2) is 0 Å². The molecule has 94 valence electrons. The first kappa shape index (κ1) is 14.3. The highest BCUT2D eigenvalue weighted by atomic mass is 35.5. The molecule has 0 spiro atoms. The van der Waals surface area contributed by atoms with Crippen molar-refractivity contribution in [1.82, 2.24) is 5.43 Å². The van der Waals surface area contributed by atoms with E-state index in [2.05, 4.69) is 10.4 Å². The van der Waals surface area contributed by atoms with Gasteiger partial charge in [0.1, 0.15) is 5.84 Å². The first-order chi connectivity index (χ1) is 7.81. The van der Waals surface area contributed by atoms with Crippen molar-refractivity contribution in [3.8, 4) is 0 Å². The van der Waals surface area contributed by atoms with Crippen LogP contribution in [0.2, 0.25) is 10.0 Å². The van der Waals surface area contributed by atoms with Gasteiger partial charge in [0, 0.05) is 6.42 Å². The fraction of sp³-hybridized carbons (Fsp3) is 0.417. The van der Waals surface area contributed by atoms with E-state index >= 15 is 0 Å². The molecule has 0 unspecified atom stereocenters. The summed E-state index contributed by atoms with van der Waals surface area (Å²) in [6.45, 7) is 6.04. The average molecular weight is 274 g/mol. The van der Waals surface area contributed by atoms with E-state index in [4.69, 9.17) is 29.0 Å². The number of hydrazine groups is 1. The van der Waals surface area contributed by atoms with Gasteiger partial charge >= 0.3 is 0 Å². The summed E-state index contributed by atoms with van der Waals surface area (Å²) in [6.07, 6.45) is 0.602. The first-order valence-corrected chi connectivity index (χ1v) is 6.06. The quantitative estimate of drug-likeness (QED) is 0.376. The van der Waals surface area contributed by atoms with Crippen LogP contribution < -0.4 is 11.3 Å². The monoisotopic (exact) mass is 273 g/mol. The Labute approximate surface area is 112 Å². The van der Waals surface area contributed by atoms with Gasteiger partial charge in [-0.1, -0.05) is 29.3 Å². The summed E-state index contributed by atoms with van der Waals surface area (Å²) in [6, 6.07) is 5.49. The molecule has 1 rings (SSSR count). The van der Waals surface area contributed by atoms with Crippen LogP contribution in [0.3, 0.4) is 0 Å². The van der Waals surface area contributed by atoms with E-state index in [1.807, 2.05) is 32.9 Å². The second kappa shape index (κ2) is 5.71. The number of hydrogen-bond donors (Lipinski definition) is 2. The number of nitrogens with zero attached hydrogens (tertiary/aromatic N) is 1. The van der Waals surface area contributed by atoms with Gasteiger partial charge < -0.3 is 5.43 Å². The van der Waals surface area contributed by atoms with Gasteiger partial charge in [-0.2, -0.15) is 0 Å². The Morgan fingerprint density at radius 3 is 2.41 bits per heavy atom. The number of benzene rings is 1. The van der Waals surface area contributed by atoms with Crippen molar-refractivity contribution in [3.05, 3.63) is 33.8 Å². The molecule has 0 aromatic heterocycles. The van der Waals surface area contributed by atoms with Gasteiger partial charge in [0.05, 0.1) is 15.6 Å². The number of rotatable bonds is 2. The summed E-state index contributed by atoms with van der Waals surface area (Å²) in [4.78, 5) is 4.48. The maximum absolute atomic E-state index is 5.95. The topological polar surface area (TPSA) is 50.4 Å². The molecule has 0 aliphatic heterocycles. The predicted molar refractivity (Wildman–Crippen MR) is 74.7 cm³/mol. The molecule has 0 saturated heterocycles. The third-order valence-corrected chi connectivity index (χ3v) is 2.73. The van der Waals surface area contributed by atoms with Gasteiger partial charge in [-0.05, 0) is 38.5 Å². The van der Waals surface area contributed by atoms with Crippen LogP contribution in [-0.4, -0.2) is 11.4 Å².